The zero-order valence-electron chi connectivity index (χ0n) is 11.5. The third-order valence-electron chi connectivity index (χ3n) is 3.17. The second-order valence-electron chi connectivity index (χ2n) is 4.62. The summed E-state index contributed by atoms with van der Waals surface area (Å²) in [5.41, 5.74) is 6.59. The molecule has 0 fully saturated rings. The Labute approximate surface area is 109 Å². The van der Waals surface area contributed by atoms with Crippen LogP contribution in [0.25, 0.3) is 0 Å². The first-order valence-electron chi connectivity index (χ1n) is 6.63. The molecule has 1 aromatic rings. The van der Waals surface area contributed by atoms with Gasteiger partial charge in [-0.05, 0) is 24.5 Å². The minimum absolute atomic E-state index is 0.0314. The van der Waals surface area contributed by atoms with Crippen LogP contribution in [0.2, 0.25) is 0 Å². The van der Waals surface area contributed by atoms with Crippen LogP contribution in [0.15, 0.2) is 24.3 Å². The second-order valence-corrected chi connectivity index (χ2v) is 4.62. The molecule has 0 aliphatic heterocycles. The fraction of sp³-hybridized carbons (Fsp3) is 0.533. The third kappa shape index (κ3) is 3.57. The van der Waals surface area contributed by atoms with Crippen LogP contribution in [0.5, 0.6) is 5.75 Å². The van der Waals surface area contributed by atoms with E-state index in [0.29, 0.717) is 17.9 Å². The lowest BCUT2D eigenvalue weighted by atomic mass is 9.92. The molecule has 0 aliphatic rings. The Balaban J connectivity index is 2.90. The Morgan fingerprint density at radius 3 is 2.61 bits per heavy atom. The maximum Gasteiger partial charge on any atom is 0.183 e. The van der Waals surface area contributed by atoms with E-state index in [1.165, 1.54) is 0 Å². The number of hydrogen-bond donors (Lipinski definition) is 1. The summed E-state index contributed by atoms with van der Waals surface area (Å²) in [6.45, 7) is 6.69. The number of Topliss-reactive ketones (excluding diaryl/α,β-unsaturated/α-hetero) is 1. The SMILES string of the molecule is CCCOc1ccccc1C(=O)C(N)C(C)CC. The molecule has 3 heteroatoms. The molecule has 18 heavy (non-hydrogen) atoms. The molecular formula is C15H23NO2. The number of carbonyl (C=O) groups excluding carboxylic acids is 1. The highest BCUT2D eigenvalue weighted by atomic mass is 16.5. The van der Waals surface area contributed by atoms with Crippen molar-refractivity contribution < 1.29 is 9.53 Å². The molecule has 0 aliphatic carbocycles. The molecule has 0 heterocycles. The Morgan fingerprint density at radius 2 is 2.00 bits per heavy atom. The Morgan fingerprint density at radius 1 is 1.33 bits per heavy atom. The molecule has 2 unspecified atom stereocenters. The van der Waals surface area contributed by atoms with Crippen LogP contribution in [-0.2, 0) is 0 Å². The summed E-state index contributed by atoms with van der Waals surface area (Å²) in [6, 6.07) is 6.87. The van der Waals surface area contributed by atoms with Crippen molar-refractivity contribution in [2.45, 2.75) is 39.7 Å². The summed E-state index contributed by atoms with van der Waals surface area (Å²) < 4.78 is 5.59. The van der Waals surface area contributed by atoms with Gasteiger partial charge in [0.05, 0.1) is 18.2 Å². The number of ketones is 1. The average molecular weight is 249 g/mol. The second kappa shape index (κ2) is 7.17. The van der Waals surface area contributed by atoms with Crippen LogP contribution in [-0.4, -0.2) is 18.4 Å². The Bertz CT molecular complexity index is 390. The largest absolute Gasteiger partial charge is 0.493 e. The van der Waals surface area contributed by atoms with E-state index in [2.05, 4.69) is 0 Å². The van der Waals surface area contributed by atoms with Crippen molar-refractivity contribution in [2.75, 3.05) is 6.61 Å². The highest BCUT2D eigenvalue weighted by Gasteiger charge is 2.23. The first-order valence-corrected chi connectivity index (χ1v) is 6.63. The molecule has 1 aromatic carbocycles. The van der Waals surface area contributed by atoms with E-state index in [4.69, 9.17) is 10.5 Å². The van der Waals surface area contributed by atoms with E-state index in [0.717, 1.165) is 12.8 Å². The molecule has 0 saturated heterocycles. The Hall–Kier alpha value is -1.35. The van der Waals surface area contributed by atoms with E-state index < -0.39 is 6.04 Å². The van der Waals surface area contributed by atoms with E-state index >= 15 is 0 Å². The zero-order chi connectivity index (χ0) is 13.5. The Kier molecular flexibility index (Phi) is 5.86. The minimum atomic E-state index is -0.457. The van der Waals surface area contributed by atoms with Crippen LogP contribution in [0.1, 0.15) is 44.0 Å². The van der Waals surface area contributed by atoms with Crippen LogP contribution >= 0.6 is 0 Å². The highest BCUT2D eigenvalue weighted by molar-refractivity contribution is 6.02. The molecule has 0 aromatic heterocycles. The fourth-order valence-electron chi connectivity index (χ4n) is 1.70. The summed E-state index contributed by atoms with van der Waals surface area (Å²) >= 11 is 0. The summed E-state index contributed by atoms with van der Waals surface area (Å²) in [4.78, 5) is 12.3. The molecule has 0 saturated carbocycles. The van der Waals surface area contributed by atoms with Crippen molar-refractivity contribution in [1.29, 1.82) is 0 Å². The van der Waals surface area contributed by atoms with E-state index in [1.54, 1.807) is 6.07 Å². The van der Waals surface area contributed by atoms with Gasteiger partial charge in [0.25, 0.3) is 0 Å². The average Bonchev–Trinajstić information content (AvgIpc) is 2.42. The van der Waals surface area contributed by atoms with Crippen molar-refractivity contribution >= 4 is 5.78 Å². The molecule has 0 spiro atoms. The molecule has 3 nitrogen and oxygen atoms in total. The first kappa shape index (κ1) is 14.7. The smallest absolute Gasteiger partial charge is 0.183 e. The van der Waals surface area contributed by atoms with Gasteiger partial charge in [-0.15, -0.1) is 0 Å². The van der Waals surface area contributed by atoms with Crippen molar-refractivity contribution in [1.82, 2.24) is 0 Å². The van der Waals surface area contributed by atoms with Gasteiger partial charge in [0.15, 0.2) is 5.78 Å². The number of rotatable bonds is 7. The first-order chi connectivity index (χ1) is 8.61. The van der Waals surface area contributed by atoms with Gasteiger partial charge >= 0.3 is 0 Å². The third-order valence-corrected chi connectivity index (χ3v) is 3.17. The summed E-state index contributed by atoms with van der Waals surface area (Å²) in [5, 5.41) is 0. The molecule has 2 atom stereocenters. The summed E-state index contributed by atoms with van der Waals surface area (Å²) in [6.07, 6.45) is 1.81. The number of nitrogens with two attached hydrogens (primary N) is 1. The molecule has 1 rings (SSSR count). The highest BCUT2D eigenvalue weighted by Crippen LogP contribution is 2.21. The standard InChI is InChI=1S/C15H23NO2/c1-4-10-18-13-9-7-6-8-12(13)15(17)14(16)11(3)5-2/h6-9,11,14H,4-5,10,16H2,1-3H3. The quantitative estimate of drug-likeness (QED) is 0.756. The van der Waals surface area contributed by atoms with E-state index in [1.807, 2.05) is 39.0 Å². The van der Waals surface area contributed by atoms with Gasteiger partial charge in [-0.2, -0.15) is 0 Å². The minimum Gasteiger partial charge on any atom is -0.493 e. The monoisotopic (exact) mass is 249 g/mol. The van der Waals surface area contributed by atoms with Gasteiger partial charge in [-0.3, -0.25) is 4.79 Å². The number of hydrogen-bond acceptors (Lipinski definition) is 3. The lowest BCUT2D eigenvalue weighted by Crippen LogP contribution is -2.36. The van der Waals surface area contributed by atoms with E-state index in [-0.39, 0.29) is 11.7 Å². The lowest BCUT2D eigenvalue weighted by Gasteiger charge is -2.18. The van der Waals surface area contributed by atoms with Crippen LogP contribution in [0.3, 0.4) is 0 Å². The van der Waals surface area contributed by atoms with Gasteiger partial charge in [0, 0.05) is 0 Å². The molecular weight excluding hydrogens is 226 g/mol. The molecule has 0 radical (unpaired) electrons. The molecule has 2 N–H and O–H groups in total. The normalized spacial score (nSPS) is 14.0. The van der Waals surface area contributed by atoms with Crippen LogP contribution < -0.4 is 10.5 Å². The van der Waals surface area contributed by atoms with Crippen molar-refractivity contribution in [2.24, 2.45) is 11.7 Å². The number of ether oxygens (including phenoxy) is 1. The van der Waals surface area contributed by atoms with Crippen molar-refractivity contribution in [3.63, 3.8) is 0 Å². The van der Waals surface area contributed by atoms with Crippen LogP contribution in [0, 0.1) is 5.92 Å². The number of carbonyl (C=O) groups is 1. The van der Waals surface area contributed by atoms with Gasteiger partial charge in [0.2, 0.25) is 0 Å². The predicted octanol–water partition coefficient (Wildman–Crippen LogP) is 3.03. The lowest BCUT2D eigenvalue weighted by molar-refractivity contribution is 0.0931. The molecule has 100 valence electrons. The molecule has 0 amide bonds. The van der Waals surface area contributed by atoms with E-state index in [9.17, 15) is 4.79 Å². The number of para-hydroxylation sites is 1. The van der Waals surface area contributed by atoms with Gasteiger partial charge in [-0.1, -0.05) is 39.3 Å². The summed E-state index contributed by atoms with van der Waals surface area (Å²) in [7, 11) is 0. The van der Waals surface area contributed by atoms with Crippen molar-refractivity contribution in [3.8, 4) is 5.75 Å². The fourth-order valence-corrected chi connectivity index (χ4v) is 1.70. The molecule has 0 bridgehead atoms. The van der Waals surface area contributed by atoms with Gasteiger partial charge in [0.1, 0.15) is 5.75 Å². The number of benzene rings is 1. The topological polar surface area (TPSA) is 52.3 Å². The van der Waals surface area contributed by atoms with Gasteiger partial charge < -0.3 is 10.5 Å². The van der Waals surface area contributed by atoms with Crippen molar-refractivity contribution in [3.05, 3.63) is 29.8 Å². The maximum atomic E-state index is 12.3. The zero-order valence-corrected chi connectivity index (χ0v) is 11.5. The predicted molar refractivity (Wildman–Crippen MR) is 74.0 cm³/mol. The summed E-state index contributed by atoms with van der Waals surface area (Å²) in [5.74, 6) is 0.788. The van der Waals surface area contributed by atoms with Gasteiger partial charge in [-0.25, -0.2) is 0 Å². The maximum absolute atomic E-state index is 12.3. The van der Waals surface area contributed by atoms with Crippen LogP contribution in [0.4, 0.5) is 0 Å².